The highest BCUT2D eigenvalue weighted by atomic mass is 32.1. The minimum Gasteiger partial charge on any atom is -0.506 e. The number of fused-ring (bicyclic) bond motifs is 1. The Morgan fingerprint density at radius 2 is 1.87 bits per heavy atom. The first-order valence-electron chi connectivity index (χ1n) is 7.01. The molecule has 0 radical (unpaired) electrons. The first-order chi connectivity index (χ1) is 11.1. The minimum absolute atomic E-state index is 0.305. The number of carbonyl (C=O) groups excluding carboxylic acids is 1. The van der Waals surface area contributed by atoms with Crippen LogP contribution in [0.25, 0.3) is 10.1 Å². The fraction of sp³-hybridized carbons (Fsp3) is 0.111. The zero-order valence-electron chi connectivity index (χ0n) is 12.4. The number of methoxy groups -OCH3 is 1. The Labute approximate surface area is 136 Å². The summed E-state index contributed by atoms with van der Waals surface area (Å²) in [5, 5.41) is 10.7. The molecule has 1 N–H and O–H groups in total. The SMILES string of the molecule is COC(=O)c1c(O)c2ccc(Cc3ccccc3)cc2sc1=O. The Kier molecular flexibility index (Phi) is 4.12. The summed E-state index contributed by atoms with van der Waals surface area (Å²) in [7, 11) is 1.18. The topological polar surface area (TPSA) is 63.6 Å². The molecule has 4 nitrogen and oxygen atoms in total. The third kappa shape index (κ3) is 2.96. The van der Waals surface area contributed by atoms with Crippen LogP contribution in [0.3, 0.4) is 0 Å². The van der Waals surface area contributed by atoms with Gasteiger partial charge in [0.05, 0.1) is 7.11 Å². The number of ether oxygens (including phenoxy) is 1. The third-order valence-electron chi connectivity index (χ3n) is 3.59. The van der Waals surface area contributed by atoms with Gasteiger partial charge in [0.2, 0.25) is 0 Å². The number of aromatic hydroxyl groups is 1. The molecule has 0 spiro atoms. The summed E-state index contributed by atoms with van der Waals surface area (Å²) in [5.41, 5.74) is 1.89. The molecule has 0 unspecified atom stereocenters. The lowest BCUT2D eigenvalue weighted by atomic mass is 10.0. The largest absolute Gasteiger partial charge is 0.506 e. The van der Waals surface area contributed by atoms with Gasteiger partial charge in [-0.3, -0.25) is 4.79 Å². The molecule has 0 bridgehead atoms. The highest BCUT2D eigenvalue weighted by Crippen LogP contribution is 2.30. The van der Waals surface area contributed by atoms with Crippen LogP contribution in [0.1, 0.15) is 21.5 Å². The Morgan fingerprint density at radius 1 is 1.13 bits per heavy atom. The van der Waals surface area contributed by atoms with Crippen LogP contribution in [0.5, 0.6) is 5.75 Å². The second-order valence-electron chi connectivity index (χ2n) is 5.10. The molecule has 0 aliphatic heterocycles. The van der Waals surface area contributed by atoms with E-state index < -0.39 is 10.7 Å². The standard InChI is InChI=1S/C18H14O4S/c1-22-17(20)15-16(19)13-8-7-12(10-14(13)23-18(15)21)9-11-5-3-2-4-6-11/h2-8,10,19H,9H2,1H3. The maximum atomic E-state index is 12.1. The van der Waals surface area contributed by atoms with Crippen LogP contribution in [0.2, 0.25) is 0 Å². The number of carbonyl (C=O) groups is 1. The van der Waals surface area contributed by atoms with E-state index in [0.29, 0.717) is 10.1 Å². The van der Waals surface area contributed by atoms with Gasteiger partial charge in [0.1, 0.15) is 5.75 Å². The van der Waals surface area contributed by atoms with Crippen LogP contribution < -0.4 is 4.74 Å². The van der Waals surface area contributed by atoms with Crippen molar-refractivity contribution in [2.75, 3.05) is 7.11 Å². The first kappa shape index (κ1) is 15.2. The predicted octanol–water partition coefficient (Wildman–Crippen LogP) is 3.34. The summed E-state index contributed by atoms with van der Waals surface area (Å²) in [6.45, 7) is 0. The number of esters is 1. The fourth-order valence-electron chi connectivity index (χ4n) is 2.45. The molecule has 116 valence electrons. The van der Waals surface area contributed by atoms with Gasteiger partial charge in [-0.15, -0.1) is 0 Å². The van der Waals surface area contributed by atoms with E-state index in [4.69, 9.17) is 0 Å². The van der Waals surface area contributed by atoms with Gasteiger partial charge in [-0.1, -0.05) is 47.7 Å². The van der Waals surface area contributed by atoms with Gasteiger partial charge in [0.15, 0.2) is 5.56 Å². The molecular weight excluding hydrogens is 312 g/mol. The zero-order valence-corrected chi connectivity index (χ0v) is 13.2. The van der Waals surface area contributed by atoms with Gasteiger partial charge in [0, 0.05) is 10.1 Å². The molecule has 0 fully saturated rings. The first-order valence-corrected chi connectivity index (χ1v) is 7.82. The normalized spacial score (nSPS) is 10.7. The van der Waals surface area contributed by atoms with Crippen LogP contribution in [0.4, 0.5) is 0 Å². The smallest absolute Gasteiger partial charge is 0.346 e. The molecule has 5 heteroatoms. The molecule has 0 aliphatic rings. The average Bonchev–Trinajstić information content (AvgIpc) is 2.55. The van der Waals surface area contributed by atoms with Crippen molar-refractivity contribution >= 4 is 27.4 Å². The molecule has 0 saturated heterocycles. The highest BCUT2D eigenvalue weighted by Gasteiger charge is 2.20. The van der Waals surface area contributed by atoms with Crippen molar-refractivity contribution in [1.29, 1.82) is 0 Å². The lowest BCUT2D eigenvalue weighted by Gasteiger charge is -2.07. The summed E-state index contributed by atoms with van der Waals surface area (Å²) in [6.07, 6.45) is 0.733. The van der Waals surface area contributed by atoms with Gasteiger partial charge in [-0.05, 0) is 29.7 Å². The summed E-state index contributed by atoms with van der Waals surface area (Å²) in [5.74, 6) is -1.14. The van der Waals surface area contributed by atoms with Crippen molar-refractivity contribution in [1.82, 2.24) is 0 Å². The molecule has 3 rings (SSSR count). The molecule has 1 heterocycles. The van der Waals surface area contributed by atoms with Crippen molar-refractivity contribution in [3.63, 3.8) is 0 Å². The number of hydrogen-bond donors (Lipinski definition) is 1. The van der Waals surface area contributed by atoms with Crippen LogP contribution in [0, 0.1) is 0 Å². The Bertz CT molecular complexity index is 929. The van der Waals surface area contributed by atoms with E-state index in [1.165, 1.54) is 7.11 Å². The third-order valence-corrected chi connectivity index (χ3v) is 4.53. The number of benzene rings is 2. The molecule has 2 aromatic carbocycles. The van der Waals surface area contributed by atoms with E-state index in [1.54, 1.807) is 6.07 Å². The average molecular weight is 326 g/mol. The molecule has 0 aliphatic carbocycles. The van der Waals surface area contributed by atoms with E-state index in [0.717, 1.165) is 28.9 Å². The fourth-order valence-corrected chi connectivity index (χ4v) is 3.42. The van der Waals surface area contributed by atoms with Crippen LogP contribution in [0.15, 0.2) is 53.3 Å². The van der Waals surface area contributed by atoms with Crippen LogP contribution in [-0.4, -0.2) is 18.2 Å². The van der Waals surface area contributed by atoms with E-state index in [-0.39, 0.29) is 11.3 Å². The maximum absolute atomic E-state index is 12.1. The summed E-state index contributed by atoms with van der Waals surface area (Å²) >= 11 is 0.935. The molecule has 0 saturated carbocycles. The maximum Gasteiger partial charge on any atom is 0.346 e. The Hall–Kier alpha value is -2.66. The van der Waals surface area contributed by atoms with Crippen molar-refractivity contribution in [3.8, 4) is 5.75 Å². The van der Waals surface area contributed by atoms with Gasteiger partial charge in [0.25, 0.3) is 4.74 Å². The van der Waals surface area contributed by atoms with Crippen LogP contribution >= 0.6 is 11.3 Å². The summed E-state index contributed by atoms with van der Waals surface area (Å²) in [6, 6.07) is 15.5. The monoisotopic (exact) mass is 326 g/mol. The van der Waals surface area contributed by atoms with E-state index in [2.05, 4.69) is 4.74 Å². The lowest BCUT2D eigenvalue weighted by Crippen LogP contribution is -2.13. The molecule has 3 aromatic rings. The van der Waals surface area contributed by atoms with E-state index in [9.17, 15) is 14.7 Å². The second-order valence-corrected chi connectivity index (χ2v) is 6.11. The van der Waals surface area contributed by atoms with Gasteiger partial charge in [-0.25, -0.2) is 4.79 Å². The number of hydrogen-bond acceptors (Lipinski definition) is 5. The molecule has 23 heavy (non-hydrogen) atoms. The number of rotatable bonds is 3. The van der Waals surface area contributed by atoms with Crippen molar-refractivity contribution in [2.45, 2.75) is 6.42 Å². The van der Waals surface area contributed by atoms with Gasteiger partial charge in [-0.2, -0.15) is 0 Å². The quantitative estimate of drug-likeness (QED) is 0.750. The molecule has 0 amide bonds. The second kappa shape index (κ2) is 6.22. The Morgan fingerprint density at radius 3 is 2.57 bits per heavy atom. The van der Waals surface area contributed by atoms with Gasteiger partial charge >= 0.3 is 5.97 Å². The zero-order chi connectivity index (χ0) is 16.4. The van der Waals surface area contributed by atoms with Crippen LogP contribution in [-0.2, 0) is 11.2 Å². The van der Waals surface area contributed by atoms with Crippen molar-refractivity contribution in [2.24, 2.45) is 0 Å². The highest BCUT2D eigenvalue weighted by molar-refractivity contribution is 7.16. The molecule has 0 atom stereocenters. The van der Waals surface area contributed by atoms with Gasteiger partial charge < -0.3 is 9.84 Å². The lowest BCUT2D eigenvalue weighted by molar-refractivity contribution is 0.0597. The van der Waals surface area contributed by atoms with E-state index >= 15 is 0 Å². The van der Waals surface area contributed by atoms with Crippen molar-refractivity contribution in [3.05, 3.63) is 74.8 Å². The summed E-state index contributed by atoms with van der Waals surface area (Å²) < 4.78 is 4.70. The van der Waals surface area contributed by atoms with Crippen molar-refractivity contribution < 1.29 is 14.6 Å². The Balaban J connectivity index is 2.08. The van der Waals surface area contributed by atoms with E-state index in [1.807, 2.05) is 42.5 Å². The molecular formula is C18H14O4S. The predicted molar refractivity (Wildman–Crippen MR) is 90.3 cm³/mol. The summed E-state index contributed by atoms with van der Waals surface area (Å²) in [4.78, 5) is 23.7. The minimum atomic E-state index is -0.820. The molecule has 1 aromatic heterocycles.